The molecule has 200 valence electrons. The minimum absolute atomic E-state index is 0.213. The zero-order chi connectivity index (χ0) is 27.8. The highest BCUT2D eigenvalue weighted by atomic mass is 16.5. The first-order chi connectivity index (χ1) is 18.9. The van der Waals surface area contributed by atoms with Gasteiger partial charge < -0.3 is 45.8 Å². The average molecular weight is 528 g/mol. The Labute approximate surface area is 227 Å². The summed E-state index contributed by atoms with van der Waals surface area (Å²) in [5.74, 6) is 1.92. The molecule has 11 heteroatoms. The molecule has 0 aromatic heterocycles. The molecule has 0 spiro atoms. The highest BCUT2D eigenvalue weighted by molar-refractivity contribution is 6.73. The maximum Gasteiger partial charge on any atom is 0.478 e. The quantitative estimate of drug-likeness (QED) is 0.149. The molecule has 0 amide bonds. The molecule has 0 aliphatic heterocycles. The first-order valence-electron chi connectivity index (χ1n) is 12.4. The van der Waals surface area contributed by atoms with Crippen molar-refractivity contribution in [2.24, 2.45) is 11.5 Å². The van der Waals surface area contributed by atoms with Crippen LogP contribution in [0.25, 0.3) is 0 Å². The lowest BCUT2D eigenvalue weighted by Gasteiger charge is -2.18. The minimum Gasteiger partial charge on any atom is -0.457 e. The number of hydrogen-bond acceptors (Lipinski definition) is 9. The molecule has 4 rings (SSSR count). The van der Waals surface area contributed by atoms with E-state index in [0.717, 1.165) is 11.1 Å². The molecule has 0 heterocycles. The van der Waals surface area contributed by atoms with Crippen LogP contribution >= 0.6 is 0 Å². The van der Waals surface area contributed by atoms with E-state index in [1.54, 1.807) is 48.5 Å². The molecule has 8 N–H and O–H groups in total. The zero-order valence-electron chi connectivity index (χ0n) is 21.2. The van der Waals surface area contributed by atoms with E-state index in [1.165, 1.54) is 12.1 Å². The second-order valence-corrected chi connectivity index (χ2v) is 8.78. The third kappa shape index (κ3) is 7.25. The van der Waals surface area contributed by atoms with E-state index in [9.17, 15) is 20.3 Å². The smallest absolute Gasteiger partial charge is 0.457 e. The largest absolute Gasteiger partial charge is 0.478 e. The number of rotatable bonds is 12. The minimum atomic E-state index is -1.62. The lowest BCUT2D eigenvalue weighted by Crippen LogP contribution is -2.47. The molecular formula is C28H30B2N2O7. The van der Waals surface area contributed by atoms with Gasteiger partial charge in [0, 0.05) is 13.1 Å². The third-order valence-electron chi connectivity index (χ3n) is 6.15. The van der Waals surface area contributed by atoms with Crippen LogP contribution in [-0.4, -0.2) is 34.5 Å². The summed E-state index contributed by atoms with van der Waals surface area (Å²) in [4.78, 5) is 0. The third-order valence-corrected chi connectivity index (χ3v) is 6.15. The number of aliphatic hydroxyl groups excluding tert-OH is 2. The molecule has 0 unspecified atom stereocenters. The summed E-state index contributed by atoms with van der Waals surface area (Å²) in [6, 6.07) is 24.0. The van der Waals surface area contributed by atoms with Crippen molar-refractivity contribution >= 4 is 25.2 Å². The lowest BCUT2D eigenvalue weighted by molar-refractivity contribution is 0.281. The van der Waals surface area contributed by atoms with Gasteiger partial charge in [-0.25, -0.2) is 0 Å². The van der Waals surface area contributed by atoms with Crippen LogP contribution in [0.3, 0.4) is 0 Å². The van der Waals surface area contributed by atoms with Gasteiger partial charge >= 0.3 is 14.2 Å². The Balaban J connectivity index is 1.52. The number of aliphatic hydroxyl groups is 2. The van der Waals surface area contributed by atoms with Gasteiger partial charge in [0.15, 0.2) is 0 Å². The second kappa shape index (κ2) is 13.4. The molecule has 0 radical (unpaired) electrons. The van der Waals surface area contributed by atoms with Crippen molar-refractivity contribution in [3.05, 3.63) is 107 Å². The van der Waals surface area contributed by atoms with Gasteiger partial charge in [-0.2, -0.15) is 0 Å². The van der Waals surface area contributed by atoms with Crippen molar-refractivity contribution in [2.75, 3.05) is 0 Å². The van der Waals surface area contributed by atoms with Crippen molar-refractivity contribution in [1.82, 2.24) is 0 Å². The van der Waals surface area contributed by atoms with Gasteiger partial charge in [-0.15, -0.1) is 0 Å². The fraction of sp³-hybridized carbons (Fsp3) is 0.143. The molecule has 0 fully saturated rings. The normalized spacial score (nSPS) is 10.8. The van der Waals surface area contributed by atoms with Crippen LogP contribution in [-0.2, 0) is 30.9 Å². The van der Waals surface area contributed by atoms with Crippen molar-refractivity contribution < 1.29 is 34.3 Å². The summed E-state index contributed by atoms with van der Waals surface area (Å²) in [6.45, 7) is 0.0871. The van der Waals surface area contributed by atoms with Crippen molar-refractivity contribution in [1.29, 1.82) is 0 Å². The molecule has 9 nitrogen and oxygen atoms in total. The highest BCUT2D eigenvalue weighted by Gasteiger charge is 2.30. The Hall–Kier alpha value is -3.67. The molecule has 4 aromatic rings. The predicted molar refractivity (Wildman–Crippen MR) is 150 cm³/mol. The molecule has 4 aromatic carbocycles. The van der Waals surface area contributed by atoms with Crippen LogP contribution in [0.4, 0.5) is 0 Å². The molecule has 0 aliphatic rings. The van der Waals surface area contributed by atoms with E-state index in [0.29, 0.717) is 47.2 Å². The topological polar surface area (TPSA) is 161 Å². The summed E-state index contributed by atoms with van der Waals surface area (Å²) in [7, 11) is -3.24. The average Bonchev–Trinajstić information content (AvgIpc) is 2.97. The van der Waals surface area contributed by atoms with Gasteiger partial charge in [0.05, 0.1) is 13.2 Å². The first kappa shape index (κ1) is 28.3. The molecular weight excluding hydrogens is 498 g/mol. The standard InChI is InChI=1S/C28H30B2N2O7/c31-15-19-1-7-23(8-2-19)37-25-11-5-21(17-33)27(13-25)29(35)39-30(36)28-14-26(12-6-22(28)18-34)38-24-9-3-20(16-32)4-10-24/h1-14,33-36H,15-18,31-32H2. The lowest BCUT2D eigenvalue weighted by atomic mass is 9.68. The summed E-state index contributed by atoms with van der Waals surface area (Å²) in [6.07, 6.45) is 0. The fourth-order valence-corrected chi connectivity index (χ4v) is 3.95. The van der Waals surface area contributed by atoms with E-state index in [2.05, 4.69) is 0 Å². The SMILES string of the molecule is NCc1ccc(Oc2ccc(CO)c(B(O)OB(O)c3cc(Oc4ccc(CN)cc4)ccc3CO)c2)cc1. The van der Waals surface area contributed by atoms with Gasteiger partial charge in [-0.1, -0.05) is 36.4 Å². The van der Waals surface area contributed by atoms with Gasteiger partial charge in [-0.3, -0.25) is 0 Å². The summed E-state index contributed by atoms with van der Waals surface area (Å²) >= 11 is 0. The highest BCUT2D eigenvalue weighted by Crippen LogP contribution is 2.23. The van der Waals surface area contributed by atoms with Gasteiger partial charge in [0.1, 0.15) is 23.0 Å². The van der Waals surface area contributed by atoms with E-state index in [1.807, 2.05) is 24.3 Å². The van der Waals surface area contributed by atoms with Crippen molar-refractivity contribution in [3.8, 4) is 23.0 Å². The second-order valence-electron chi connectivity index (χ2n) is 8.78. The van der Waals surface area contributed by atoms with Crippen LogP contribution in [0, 0.1) is 0 Å². The Kier molecular flexibility index (Phi) is 9.74. The van der Waals surface area contributed by atoms with Crippen molar-refractivity contribution in [2.45, 2.75) is 26.3 Å². The molecule has 0 saturated heterocycles. The van der Waals surface area contributed by atoms with Gasteiger partial charge in [0.2, 0.25) is 0 Å². The molecule has 0 saturated carbocycles. The van der Waals surface area contributed by atoms with Crippen LogP contribution in [0.15, 0.2) is 84.9 Å². The predicted octanol–water partition coefficient (Wildman–Crippen LogP) is 1.26. The van der Waals surface area contributed by atoms with E-state index >= 15 is 0 Å². The van der Waals surface area contributed by atoms with Crippen LogP contribution in [0.1, 0.15) is 22.3 Å². The fourth-order valence-electron chi connectivity index (χ4n) is 3.95. The number of nitrogens with two attached hydrogens (primary N) is 2. The van der Waals surface area contributed by atoms with Crippen LogP contribution in [0.2, 0.25) is 0 Å². The summed E-state index contributed by atoms with van der Waals surface area (Å²) in [5.41, 5.74) is 14.4. The number of benzene rings is 4. The van der Waals surface area contributed by atoms with E-state index in [-0.39, 0.29) is 24.1 Å². The van der Waals surface area contributed by atoms with Crippen LogP contribution < -0.4 is 31.9 Å². The summed E-state index contributed by atoms with van der Waals surface area (Å²) < 4.78 is 17.3. The van der Waals surface area contributed by atoms with Gasteiger partial charge in [0.25, 0.3) is 0 Å². The molecule has 0 bridgehead atoms. The monoisotopic (exact) mass is 528 g/mol. The van der Waals surface area contributed by atoms with E-state index < -0.39 is 14.2 Å². The Morgan fingerprint density at radius 1 is 0.538 bits per heavy atom. The maximum absolute atomic E-state index is 10.9. The molecule has 0 atom stereocenters. The Morgan fingerprint density at radius 2 is 0.897 bits per heavy atom. The first-order valence-corrected chi connectivity index (χ1v) is 12.4. The Bertz CT molecular complexity index is 1270. The maximum atomic E-state index is 10.9. The molecule has 0 aliphatic carbocycles. The summed E-state index contributed by atoms with van der Waals surface area (Å²) in [5, 5.41) is 41.4. The number of ether oxygens (including phenoxy) is 2. The zero-order valence-corrected chi connectivity index (χ0v) is 21.2. The van der Waals surface area contributed by atoms with Crippen LogP contribution in [0.5, 0.6) is 23.0 Å². The van der Waals surface area contributed by atoms with Gasteiger partial charge in [-0.05, 0) is 81.7 Å². The van der Waals surface area contributed by atoms with Crippen molar-refractivity contribution in [3.63, 3.8) is 0 Å². The molecule has 39 heavy (non-hydrogen) atoms. The Morgan fingerprint density at radius 3 is 1.23 bits per heavy atom. The van der Waals surface area contributed by atoms with E-state index in [4.69, 9.17) is 25.5 Å². The number of hydrogen-bond donors (Lipinski definition) is 6.